The predicted octanol–water partition coefficient (Wildman–Crippen LogP) is 3.44. The fourth-order valence-electron chi connectivity index (χ4n) is 0.175. The second kappa shape index (κ2) is 7.18. The third kappa shape index (κ3) is 6.18. The molecule has 2 heteroatoms. The van der Waals surface area contributed by atoms with E-state index in [1.165, 1.54) is 0 Å². The van der Waals surface area contributed by atoms with Crippen LogP contribution >= 0.6 is 21.6 Å². The van der Waals surface area contributed by atoms with Gasteiger partial charge in [-0.1, -0.05) is 33.7 Å². The lowest BCUT2D eigenvalue weighted by atomic mass is 10.8. The van der Waals surface area contributed by atoms with Gasteiger partial charge in [-0.2, -0.15) is 0 Å². The van der Waals surface area contributed by atoms with Gasteiger partial charge in [-0.05, 0) is 24.7 Å². The van der Waals surface area contributed by atoms with Crippen molar-refractivity contribution in [3.05, 3.63) is 23.0 Å². The highest BCUT2D eigenvalue weighted by Crippen LogP contribution is 2.22. The Morgan fingerprint density at radius 2 is 1.25 bits per heavy atom. The molecule has 0 aromatic rings. The first-order valence-corrected chi connectivity index (χ1v) is 4.74. The molecule has 0 rings (SSSR count). The first-order valence-electron chi connectivity index (χ1n) is 2.46. The molecule has 0 aliphatic carbocycles. The SMILES string of the molecule is C/C=C/SS/C=C/C. The van der Waals surface area contributed by atoms with Gasteiger partial charge in [0, 0.05) is 0 Å². The monoisotopic (exact) mass is 146 g/mol. The van der Waals surface area contributed by atoms with E-state index in [0.29, 0.717) is 0 Å². The highest BCUT2D eigenvalue weighted by atomic mass is 33.1. The third-order valence-corrected chi connectivity index (χ3v) is 2.32. The van der Waals surface area contributed by atoms with Crippen molar-refractivity contribution in [3.63, 3.8) is 0 Å². The minimum absolute atomic E-state index is 1.73. The van der Waals surface area contributed by atoms with E-state index in [1.54, 1.807) is 21.6 Å². The van der Waals surface area contributed by atoms with Crippen LogP contribution in [-0.4, -0.2) is 0 Å². The van der Waals surface area contributed by atoms with Gasteiger partial charge < -0.3 is 0 Å². The zero-order chi connectivity index (χ0) is 6.24. The first kappa shape index (κ1) is 8.18. The van der Waals surface area contributed by atoms with E-state index in [0.717, 1.165) is 0 Å². The zero-order valence-corrected chi connectivity index (χ0v) is 6.76. The van der Waals surface area contributed by atoms with E-state index in [9.17, 15) is 0 Å². The van der Waals surface area contributed by atoms with Gasteiger partial charge in [-0.15, -0.1) is 0 Å². The van der Waals surface area contributed by atoms with Gasteiger partial charge in [-0.3, -0.25) is 0 Å². The van der Waals surface area contributed by atoms with Crippen LogP contribution in [0.15, 0.2) is 23.0 Å². The molecule has 0 saturated carbocycles. The Balaban J connectivity index is 2.93. The molecule has 0 N–H and O–H groups in total. The molecule has 0 amide bonds. The molecule has 8 heavy (non-hydrogen) atoms. The predicted molar refractivity (Wildman–Crippen MR) is 44.8 cm³/mol. The fraction of sp³-hybridized carbons (Fsp3) is 0.333. The van der Waals surface area contributed by atoms with Crippen LogP contribution < -0.4 is 0 Å². The normalized spacial score (nSPS) is 11.8. The van der Waals surface area contributed by atoms with Crippen molar-refractivity contribution in [3.8, 4) is 0 Å². The van der Waals surface area contributed by atoms with Gasteiger partial charge in [0.2, 0.25) is 0 Å². The van der Waals surface area contributed by atoms with E-state index in [4.69, 9.17) is 0 Å². The molecule has 0 unspecified atom stereocenters. The van der Waals surface area contributed by atoms with Crippen molar-refractivity contribution in [2.24, 2.45) is 0 Å². The summed E-state index contributed by atoms with van der Waals surface area (Å²) >= 11 is 0. The average molecular weight is 146 g/mol. The number of hydrogen-bond acceptors (Lipinski definition) is 2. The van der Waals surface area contributed by atoms with Crippen molar-refractivity contribution < 1.29 is 0 Å². The average Bonchev–Trinajstić information content (AvgIpc) is 1.81. The van der Waals surface area contributed by atoms with Crippen LogP contribution in [0, 0.1) is 0 Å². The Kier molecular flexibility index (Phi) is 7.34. The van der Waals surface area contributed by atoms with Crippen LogP contribution in [0.4, 0.5) is 0 Å². The summed E-state index contributed by atoms with van der Waals surface area (Å²) in [6.45, 7) is 4.03. The topological polar surface area (TPSA) is 0 Å². The summed E-state index contributed by atoms with van der Waals surface area (Å²) in [5.41, 5.74) is 0. The van der Waals surface area contributed by atoms with E-state index in [1.807, 2.05) is 26.0 Å². The Labute approximate surface area is 58.8 Å². The van der Waals surface area contributed by atoms with Crippen molar-refractivity contribution in [1.82, 2.24) is 0 Å². The van der Waals surface area contributed by atoms with E-state index in [-0.39, 0.29) is 0 Å². The first-order chi connectivity index (χ1) is 3.91. The van der Waals surface area contributed by atoms with Crippen LogP contribution in [0.3, 0.4) is 0 Å². The molecule has 0 fully saturated rings. The van der Waals surface area contributed by atoms with Crippen LogP contribution in [-0.2, 0) is 0 Å². The Morgan fingerprint density at radius 1 is 0.875 bits per heavy atom. The highest BCUT2D eigenvalue weighted by Gasteiger charge is 1.71. The van der Waals surface area contributed by atoms with E-state index >= 15 is 0 Å². The van der Waals surface area contributed by atoms with Crippen molar-refractivity contribution >= 4 is 21.6 Å². The maximum atomic E-state index is 2.06. The molecule has 0 aliphatic rings. The third-order valence-electron chi connectivity index (χ3n) is 0.439. The summed E-state index contributed by atoms with van der Waals surface area (Å²) in [6, 6.07) is 0. The maximum absolute atomic E-state index is 2.06. The molecule has 0 bridgehead atoms. The Morgan fingerprint density at radius 3 is 1.50 bits per heavy atom. The zero-order valence-electron chi connectivity index (χ0n) is 5.13. The molecule has 0 spiro atoms. The van der Waals surface area contributed by atoms with Gasteiger partial charge >= 0.3 is 0 Å². The molecular formula is C6H10S2. The molecule has 0 saturated heterocycles. The second-order valence-electron chi connectivity index (χ2n) is 1.13. The summed E-state index contributed by atoms with van der Waals surface area (Å²) < 4.78 is 0. The molecule has 0 heterocycles. The number of allylic oxidation sites excluding steroid dienone is 2. The quantitative estimate of drug-likeness (QED) is 0.442. The second-order valence-corrected chi connectivity index (χ2v) is 3.22. The lowest BCUT2D eigenvalue weighted by Crippen LogP contribution is -1.38. The van der Waals surface area contributed by atoms with E-state index in [2.05, 4.69) is 10.8 Å². The van der Waals surface area contributed by atoms with Gasteiger partial charge in [0.1, 0.15) is 0 Å². The van der Waals surface area contributed by atoms with Crippen molar-refractivity contribution in [1.29, 1.82) is 0 Å². The summed E-state index contributed by atoms with van der Waals surface area (Å²) in [7, 11) is 3.45. The number of rotatable bonds is 3. The summed E-state index contributed by atoms with van der Waals surface area (Å²) in [5.74, 6) is 0. The summed E-state index contributed by atoms with van der Waals surface area (Å²) in [5, 5.41) is 4.12. The highest BCUT2D eigenvalue weighted by molar-refractivity contribution is 8.78. The van der Waals surface area contributed by atoms with Gasteiger partial charge in [0.25, 0.3) is 0 Å². The Bertz CT molecular complexity index is 72.5. The van der Waals surface area contributed by atoms with Gasteiger partial charge in [-0.25, -0.2) is 0 Å². The Hall–Kier alpha value is 0.180. The van der Waals surface area contributed by atoms with E-state index < -0.39 is 0 Å². The maximum Gasteiger partial charge on any atom is -0.0221 e. The largest absolute Gasteiger partial charge is 0.0805 e. The molecular weight excluding hydrogens is 136 g/mol. The fourth-order valence-corrected chi connectivity index (χ4v) is 1.58. The van der Waals surface area contributed by atoms with Crippen molar-refractivity contribution in [2.45, 2.75) is 13.8 Å². The minimum Gasteiger partial charge on any atom is -0.0805 e. The molecule has 46 valence electrons. The molecule has 0 aromatic heterocycles. The molecule has 0 radical (unpaired) electrons. The van der Waals surface area contributed by atoms with Crippen molar-refractivity contribution in [2.75, 3.05) is 0 Å². The van der Waals surface area contributed by atoms with Gasteiger partial charge in [0.15, 0.2) is 0 Å². The van der Waals surface area contributed by atoms with Crippen LogP contribution in [0.1, 0.15) is 13.8 Å². The van der Waals surface area contributed by atoms with Gasteiger partial charge in [0.05, 0.1) is 0 Å². The summed E-state index contributed by atoms with van der Waals surface area (Å²) in [4.78, 5) is 0. The molecule has 0 nitrogen and oxygen atoms in total. The summed E-state index contributed by atoms with van der Waals surface area (Å²) in [6.07, 6.45) is 4.06. The van der Waals surface area contributed by atoms with Crippen LogP contribution in [0.2, 0.25) is 0 Å². The van der Waals surface area contributed by atoms with Crippen LogP contribution in [0.25, 0.3) is 0 Å². The lowest BCUT2D eigenvalue weighted by molar-refractivity contribution is 1.79. The lowest BCUT2D eigenvalue weighted by Gasteiger charge is -1.80. The molecule has 0 aromatic carbocycles. The van der Waals surface area contributed by atoms with Crippen LogP contribution in [0.5, 0.6) is 0 Å². The molecule has 0 aliphatic heterocycles. The molecule has 0 atom stereocenters. The smallest absolute Gasteiger partial charge is 0.0221 e. The standard InChI is InChI=1S/C6H10S2/c1-3-5-7-8-6-4-2/h3-6H,1-2H3/b5-3+,6-4+. The minimum atomic E-state index is 1.73. The number of hydrogen-bond donors (Lipinski definition) is 0.